The summed E-state index contributed by atoms with van der Waals surface area (Å²) in [6, 6.07) is 10.5. The summed E-state index contributed by atoms with van der Waals surface area (Å²) in [5.74, 6) is 1.35. The van der Waals surface area contributed by atoms with Crippen LogP contribution in [0.15, 0.2) is 30.3 Å². The maximum absolute atomic E-state index is 6.09. The number of aromatic nitrogens is 2. The maximum atomic E-state index is 6.09. The Balaban J connectivity index is 2.05. The van der Waals surface area contributed by atoms with Crippen LogP contribution in [0.1, 0.15) is 31.0 Å². The molecule has 0 saturated heterocycles. The van der Waals surface area contributed by atoms with Crippen molar-refractivity contribution < 1.29 is 0 Å². The molecule has 0 radical (unpaired) electrons. The van der Waals surface area contributed by atoms with Crippen molar-refractivity contribution in [3.63, 3.8) is 0 Å². The van der Waals surface area contributed by atoms with Gasteiger partial charge in [0.05, 0.1) is 11.4 Å². The third-order valence-electron chi connectivity index (χ3n) is 3.44. The number of nitrogens with two attached hydrogens (primary N) is 1. The van der Waals surface area contributed by atoms with E-state index in [1.54, 1.807) is 0 Å². The van der Waals surface area contributed by atoms with Gasteiger partial charge in [0.1, 0.15) is 5.82 Å². The molecule has 1 heterocycles. The summed E-state index contributed by atoms with van der Waals surface area (Å²) in [7, 11) is 1.92. The summed E-state index contributed by atoms with van der Waals surface area (Å²) in [4.78, 5) is 0. The van der Waals surface area contributed by atoms with E-state index in [2.05, 4.69) is 48.5 Å². The second-order valence-corrected chi connectivity index (χ2v) is 4.88. The van der Waals surface area contributed by atoms with Gasteiger partial charge in [0.25, 0.3) is 0 Å². The monoisotopic (exact) mass is 258 g/mol. The molecule has 4 heteroatoms. The molecule has 0 bridgehead atoms. The molecule has 1 unspecified atom stereocenters. The van der Waals surface area contributed by atoms with E-state index < -0.39 is 0 Å². The molecule has 0 aliphatic heterocycles. The highest BCUT2D eigenvalue weighted by atomic mass is 15.3. The highest BCUT2D eigenvalue weighted by Gasteiger charge is 2.12. The highest BCUT2D eigenvalue weighted by Crippen LogP contribution is 2.23. The van der Waals surface area contributed by atoms with Crippen molar-refractivity contribution in [1.29, 1.82) is 0 Å². The molecule has 1 aromatic heterocycles. The fourth-order valence-electron chi connectivity index (χ4n) is 2.22. The number of nitrogens with zero attached hydrogens (tertiary/aromatic N) is 2. The maximum Gasteiger partial charge on any atom is 0.147 e. The van der Waals surface area contributed by atoms with Crippen molar-refractivity contribution in [1.82, 2.24) is 9.78 Å². The molecule has 1 aromatic carbocycles. The summed E-state index contributed by atoms with van der Waals surface area (Å²) in [5.41, 5.74) is 9.14. The average Bonchev–Trinajstić information content (AvgIpc) is 2.72. The normalized spacial score (nSPS) is 12.4. The number of benzene rings is 1. The van der Waals surface area contributed by atoms with Crippen LogP contribution in [0.5, 0.6) is 0 Å². The summed E-state index contributed by atoms with van der Waals surface area (Å²) in [6.45, 7) is 5.11. The molecule has 0 aliphatic rings. The van der Waals surface area contributed by atoms with Gasteiger partial charge in [-0.2, -0.15) is 5.10 Å². The Morgan fingerprint density at radius 3 is 2.58 bits per heavy atom. The van der Waals surface area contributed by atoms with Gasteiger partial charge in [-0.05, 0) is 17.9 Å². The van der Waals surface area contributed by atoms with E-state index >= 15 is 0 Å². The second kappa shape index (κ2) is 5.78. The van der Waals surface area contributed by atoms with Crippen molar-refractivity contribution in [3.05, 3.63) is 41.6 Å². The first-order chi connectivity index (χ1) is 9.13. The molecule has 19 heavy (non-hydrogen) atoms. The van der Waals surface area contributed by atoms with Crippen LogP contribution in [0.3, 0.4) is 0 Å². The van der Waals surface area contributed by atoms with Crippen molar-refractivity contribution in [2.75, 3.05) is 17.6 Å². The van der Waals surface area contributed by atoms with E-state index in [4.69, 9.17) is 5.73 Å². The third kappa shape index (κ3) is 2.89. The van der Waals surface area contributed by atoms with Crippen LogP contribution in [-0.4, -0.2) is 16.3 Å². The summed E-state index contributed by atoms with van der Waals surface area (Å²) < 4.78 is 1.83. The molecule has 4 nitrogen and oxygen atoms in total. The SMILES string of the molecule is CCc1nn(C)c(NCC(C)c2ccccc2)c1N. The van der Waals surface area contributed by atoms with E-state index in [0.29, 0.717) is 5.92 Å². The quantitative estimate of drug-likeness (QED) is 0.867. The van der Waals surface area contributed by atoms with Crippen molar-refractivity contribution >= 4 is 11.5 Å². The van der Waals surface area contributed by atoms with E-state index in [9.17, 15) is 0 Å². The number of hydrogen-bond acceptors (Lipinski definition) is 3. The fraction of sp³-hybridized carbons (Fsp3) is 0.400. The molecule has 102 valence electrons. The van der Waals surface area contributed by atoms with Gasteiger partial charge in [-0.1, -0.05) is 44.2 Å². The number of anilines is 2. The first-order valence-corrected chi connectivity index (χ1v) is 6.73. The Kier molecular flexibility index (Phi) is 4.10. The molecule has 1 atom stereocenters. The smallest absolute Gasteiger partial charge is 0.147 e. The number of rotatable bonds is 5. The lowest BCUT2D eigenvalue weighted by atomic mass is 10.0. The zero-order chi connectivity index (χ0) is 13.8. The number of nitrogens with one attached hydrogen (secondary N) is 1. The van der Waals surface area contributed by atoms with Crippen LogP contribution in [-0.2, 0) is 13.5 Å². The van der Waals surface area contributed by atoms with Gasteiger partial charge in [-0.3, -0.25) is 4.68 Å². The number of aryl methyl sites for hydroxylation is 2. The lowest BCUT2D eigenvalue weighted by molar-refractivity contribution is 0.734. The van der Waals surface area contributed by atoms with Crippen LogP contribution < -0.4 is 11.1 Å². The van der Waals surface area contributed by atoms with Gasteiger partial charge < -0.3 is 11.1 Å². The molecule has 2 rings (SSSR count). The number of hydrogen-bond donors (Lipinski definition) is 2. The molecule has 0 amide bonds. The van der Waals surface area contributed by atoms with Crippen LogP contribution in [0.2, 0.25) is 0 Å². The van der Waals surface area contributed by atoms with E-state index in [1.165, 1.54) is 5.56 Å². The molecule has 0 fully saturated rings. The van der Waals surface area contributed by atoms with Gasteiger partial charge >= 0.3 is 0 Å². The van der Waals surface area contributed by atoms with Gasteiger partial charge in [-0.15, -0.1) is 0 Å². The van der Waals surface area contributed by atoms with Gasteiger partial charge in [0.2, 0.25) is 0 Å². The van der Waals surface area contributed by atoms with Crippen molar-refractivity contribution in [3.8, 4) is 0 Å². The minimum Gasteiger partial charge on any atom is -0.394 e. The first-order valence-electron chi connectivity index (χ1n) is 6.73. The topological polar surface area (TPSA) is 55.9 Å². The zero-order valence-electron chi connectivity index (χ0n) is 11.9. The highest BCUT2D eigenvalue weighted by molar-refractivity contribution is 5.65. The lowest BCUT2D eigenvalue weighted by Gasteiger charge is -2.14. The van der Waals surface area contributed by atoms with Crippen LogP contribution in [0.25, 0.3) is 0 Å². The lowest BCUT2D eigenvalue weighted by Crippen LogP contribution is -2.13. The molecule has 0 saturated carbocycles. The minimum absolute atomic E-state index is 0.431. The summed E-state index contributed by atoms with van der Waals surface area (Å²) >= 11 is 0. The van der Waals surface area contributed by atoms with E-state index in [1.807, 2.05) is 17.8 Å². The Morgan fingerprint density at radius 2 is 2.00 bits per heavy atom. The second-order valence-electron chi connectivity index (χ2n) is 4.88. The molecule has 0 aliphatic carbocycles. The van der Waals surface area contributed by atoms with Crippen LogP contribution >= 0.6 is 0 Å². The molecule has 2 aromatic rings. The summed E-state index contributed by atoms with van der Waals surface area (Å²) in [6.07, 6.45) is 0.857. The van der Waals surface area contributed by atoms with Crippen LogP contribution in [0.4, 0.5) is 11.5 Å². The third-order valence-corrected chi connectivity index (χ3v) is 3.44. The average molecular weight is 258 g/mol. The van der Waals surface area contributed by atoms with E-state index in [0.717, 1.165) is 30.2 Å². The number of nitrogen functional groups attached to an aromatic ring is 1. The molecule has 3 N–H and O–H groups in total. The predicted octanol–water partition coefficient (Wildman–Crippen LogP) is 2.78. The van der Waals surface area contributed by atoms with E-state index in [-0.39, 0.29) is 0 Å². The largest absolute Gasteiger partial charge is 0.394 e. The molecule has 0 spiro atoms. The molecular weight excluding hydrogens is 236 g/mol. The van der Waals surface area contributed by atoms with Crippen molar-refractivity contribution in [2.24, 2.45) is 7.05 Å². The Morgan fingerprint density at radius 1 is 1.32 bits per heavy atom. The minimum atomic E-state index is 0.431. The molecular formula is C15H22N4. The zero-order valence-corrected chi connectivity index (χ0v) is 11.9. The standard InChI is InChI=1S/C15H22N4/c1-4-13-14(16)15(19(3)18-13)17-10-11(2)12-8-6-5-7-9-12/h5-9,11,17H,4,10,16H2,1-3H3. The fourth-order valence-corrected chi connectivity index (χ4v) is 2.22. The van der Waals surface area contributed by atoms with Crippen LogP contribution in [0, 0.1) is 0 Å². The Hall–Kier alpha value is -1.97. The predicted molar refractivity (Wildman–Crippen MR) is 80.3 cm³/mol. The van der Waals surface area contributed by atoms with Gasteiger partial charge in [0.15, 0.2) is 0 Å². The first kappa shape index (κ1) is 13.5. The Labute approximate surface area is 114 Å². The summed E-state index contributed by atoms with van der Waals surface area (Å²) in [5, 5.41) is 7.82. The Bertz CT molecular complexity index is 531. The van der Waals surface area contributed by atoms with Gasteiger partial charge in [0, 0.05) is 13.6 Å². The van der Waals surface area contributed by atoms with Gasteiger partial charge in [-0.25, -0.2) is 0 Å². The van der Waals surface area contributed by atoms with Crippen molar-refractivity contribution in [2.45, 2.75) is 26.2 Å².